The molecule has 0 aromatic heterocycles. The molecule has 2 fully saturated rings. The summed E-state index contributed by atoms with van der Waals surface area (Å²) in [6.45, 7) is 2.78. The van der Waals surface area contributed by atoms with Crippen LogP contribution < -0.4 is 5.32 Å². The summed E-state index contributed by atoms with van der Waals surface area (Å²) >= 11 is 0. The molecule has 1 aliphatic heterocycles. The third kappa shape index (κ3) is 2.16. The Morgan fingerprint density at radius 3 is 2.87 bits per heavy atom. The number of rotatable bonds is 4. The van der Waals surface area contributed by atoms with Gasteiger partial charge in [-0.1, -0.05) is 6.92 Å². The molecule has 0 bridgehead atoms. The molecule has 2 rings (SSSR count). The van der Waals surface area contributed by atoms with Crippen molar-refractivity contribution in [1.82, 2.24) is 5.32 Å². The minimum absolute atomic E-state index is 0.0148. The number of aliphatic hydroxyl groups is 1. The number of aliphatic hydroxyl groups excluding tert-OH is 1. The topological polar surface area (TPSA) is 58.6 Å². The second-order valence-corrected chi connectivity index (χ2v) is 4.64. The second kappa shape index (κ2) is 4.10. The Balaban J connectivity index is 1.90. The van der Waals surface area contributed by atoms with Gasteiger partial charge in [-0.05, 0) is 25.7 Å². The summed E-state index contributed by atoms with van der Waals surface area (Å²) in [6.07, 6.45) is 3.56. The Kier molecular flexibility index (Phi) is 2.98. The Morgan fingerprint density at radius 1 is 1.60 bits per heavy atom. The van der Waals surface area contributed by atoms with Crippen molar-refractivity contribution in [2.75, 3.05) is 13.2 Å². The van der Waals surface area contributed by atoms with Gasteiger partial charge in [0, 0.05) is 6.61 Å². The quantitative estimate of drug-likeness (QED) is 0.712. The highest BCUT2D eigenvalue weighted by atomic mass is 16.5. The Hall–Kier alpha value is -0.610. The summed E-state index contributed by atoms with van der Waals surface area (Å²) in [7, 11) is 0. The summed E-state index contributed by atoms with van der Waals surface area (Å²) in [5, 5.41) is 12.1. The molecule has 1 aliphatic carbocycles. The van der Waals surface area contributed by atoms with Crippen molar-refractivity contribution >= 4 is 5.91 Å². The lowest BCUT2D eigenvalue weighted by Gasteiger charge is -2.20. The first-order valence-electron chi connectivity index (χ1n) is 5.75. The van der Waals surface area contributed by atoms with Gasteiger partial charge in [-0.3, -0.25) is 4.79 Å². The number of nitrogens with one attached hydrogen (secondary N) is 1. The third-order valence-corrected chi connectivity index (χ3v) is 3.49. The molecule has 1 saturated carbocycles. The van der Waals surface area contributed by atoms with Crippen molar-refractivity contribution in [3.8, 4) is 0 Å². The molecule has 4 nitrogen and oxygen atoms in total. The van der Waals surface area contributed by atoms with E-state index in [0.29, 0.717) is 6.61 Å². The normalized spacial score (nSPS) is 32.7. The van der Waals surface area contributed by atoms with Gasteiger partial charge in [-0.2, -0.15) is 0 Å². The lowest BCUT2D eigenvalue weighted by Crippen LogP contribution is -2.44. The van der Waals surface area contributed by atoms with Crippen molar-refractivity contribution in [2.24, 2.45) is 5.92 Å². The van der Waals surface area contributed by atoms with Crippen LogP contribution in [0.1, 0.15) is 32.6 Å². The van der Waals surface area contributed by atoms with Crippen molar-refractivity contribution in [3.63, 3.8) is 0 Å². The van der Waals surface area contributed by atoms with Crippen LogP contribution in [0.4, 0.5) is 0 Å². The first kappa shape index (κ1) is 10.9. The van der Waals surface area contributed by atoms with Gasteiger partial charge >= 0.3 is 0 Å². The molecule has 2 unspecified atom stereocenters. The molecule has 1 saturated heterocycles. The largest absolute Gasteiger partial charge is 0.394 e. The smallest absolute Gasteiger partial charge is 0.226 e. The van der Waals surface area contributed by atoms with Crippen molar-refractivity contribution in [2.45, 2.75) is 44.2 Å². The average molecular weight is 213 g/mol. The van der Waals surface area contributed by atoms with Crippen LogP contribution in [0.3, 0.4) is 0 Å². The van der Waals surface area contributed by atoms with Crippen LogP contribution >= 0.6 is 0 Å². The fourth-order valence-corrected chi connectivity index (χ4v) is 2.18. The maximum absolute atomic E-state index is 11.9. The van der Waals surface area contributed by atoms with Crippen LogP contribution in [0.25, 0.3) is 0 Å². The Labute approximate surface area is 90.0 Å². The van der Waals surface area contributed by atoms with Crippen LogP contribution in [0.2, 0.25) is 0 Å². The highest BCUT2D eigenvalue weighted by Gasteiger charge is 2.45. The van der Waals surface area contributed by atoms with Gasteiger partial charge in [-0.15, -0.1) is 0 Å². The number of carbonyl (C=O) groups excluding carboxylic acids is 1. The van der Waals surface area contributed by atoms with Crippen LogP contribution in [0.15, 0.2) is 0 Å². The van der Waals surface area contributed by atoms with E-state index in [1.54, 1.807) is 0 Å². The molecular formula is C11H19NO3. The van der Waals surface area contributed by atoms with Crippen LogP contribution in [-0.4, -0.2) is 35.9 Å². The zero-order chi connectivity index (χ0) is 10.9. The van der Waals surface area contributed by atoms with Gasteiger partial charge < -0.3 is 15.2 Å². The van der Waals surface area contributed by atoms with Crippen molar-refractivity contribution in [3.05, 3.63) is 0 Å². The maximum atomic E-state index is 11.9. The number of ether oxygens (including phenoxy) is 1. The standard InChI is InChI=1S/C11H19NO3/c1-2-9-8(3-6-15-9)10(14)12-11(7-13)4-5-11/h8-9,13H,2-7H2,1H3,(H,12,14). The third-order valence-electron chi connectivity index (χ3n) is 3.49. The summed E-state index contributed by atoms with van der Waals surface area (Å²) in [5.41, 5.74) is -0.294. The first-order chi connectivity index (χ1) is 7.21. The maximum Gasteiger partial charge on any atom is 0.226 e. The Bertz CT molecular complexity index is 250. The van der Waals surface area contributed by atoms with Gasteiger partial charge in [0.15, 0.2) is 0 Å². The molecule has 2 N–H and O–H groups in total. The number of hydrogen-bond acceptors (Lipinski definition) is 3. The molecule has 15 heavy (non-hydrogen) atoms. The average Bonchev–Trinajstić information content (AvgIpc) is 2.85. The molecular weight excluding hydrogens is 194 g/mol. The molecule has 2 aliphatic rings. The van der Waals surface area contributed by atoms with E-state index in [1.165, 1.54) is 0 Å². The highest BCUT2D eigenvalue weighted by molar-refractivity contribution is 5.80. The zero-order valence-corrected chi connectivity index (χ0v) is 9.16. The van der Waals surface area contributed by atoms with E-state index in [2.05, 4.69) is 5.32 Å². The second-order valence-electron chi connectivity index (χ2n) is 4.64. The number of hydrogen-bond donors (Lipinski definition) is 2. The first-order valence-corrected chi connectivity index (χ1v) is 5.75. The van der Waals surface area contributed by atoms with E-state index in [4.69, 9.17) is 9.84 Å². The molecule has 1 heterocycles. The highest BCUT2D eigenvalue weighted by Crippen LogP contribution is 2.35. The van der Waals surface area contributed by atoms with E-state index >= 15 is 0 Å². The van der Waals surface area contributed by atoms with Gasteiger partial charge in [0.1, 0.15) is 0 Å². The molecule has 0 aromatic carbocycles. The fraction of sp³-hybridized carbons (Fsp3) is 0.909. The molecule has 0 aromatic rings. The fourth-order valence-electron chi connectivity index (χ4n) is 2.18. The summed E-state index contributed by atoms with van der Waals surface area (Å²) in [5.74, 6) is 0.0462. The monoisotopic (exact) mass is 213 g/mol. The van der Waals surface area contributed by atoms with Gasteiger partial charge in [0.2, 0.25) is 5.91 Å². The SMILES string of the molecule is CCC1OCCC1C(=O)NC1(CO)CC1. The number of amides is 1. The van der Waals surface area contributed by atoms with Crippen LogP contribution in [-0.2, 0) is 9.53 Å². The molecule has 0 spiro atoms. The molecule has 4 heteroatoms. The minimum atomic E-state index is -0.294. The zero-order valence-electron chi connectivity index (χ0n) is 9.16. The van der Waals surface area contributed by atoms with E-state index in [0.717, 1.165) is 25.7 Å². The summed E-state index contributed by atoms with van der Waals surface area (Å²) in [4.78, 5) is 11.9. The van der Waals surface area contributed by atoms with Gasteiger partial charge in [0.25, 0.3) is 0 Å². The lowest BCUT2D eigenvalue weighted by molar-refractivity contribution is -0.128. The molecule has 0 radical (unpaired) electrons. The molecule has 1 amide bonds. The van der Waals surface area contributed by atoms with E-state index in [9.17, 15) is 4.79 Å². The number of carbonyl (C=O) groups is 1. The van der Waals surface area contributed by atoms with Gasteiger partial charge in [-0.25, -0.2) is 0 Å². The molecule has 2 atom stereocenters. The van der Waals surface area contributed by atoms with Gasteiger partial charge in [0.05, 0.1) is 24.2 Å². The van der Waals surface area contributed by atoms with E-state index < -0.39 is 0 Å². The van der Waals surface area contributed by atoms with Crippen molar-refractivity contribution < 1.29 is 14.6 Å². The van der Waals surface area contributed by atoms with E-state index in [1.807, 2.05) is 6.92 Å². The summed E-state index contributed by atoms with van der Waals surface area (Å²) in [6, 6.07) is 0. The Morgan fingerprint density at radius 2 is 2.33 bits per heavy atom. The van der Waals surface area contributed by atoms with E-state index in [-0.39, 0.29) is 30.1 Å². The predicted octanol–water partition coefficient (Wildman–Crippen LogP) is 0.443. The van der Waals surface area contributed by atoms with Crippen LogP contribution in [0, 0.1) is 5.92 Å². The van der Waals surface area contributed by atoms with Crippen molar-refractivity contribution in [1.29, 1.82) is 0 Å². The minimum Gasteiger partial charge on any atom is -0.394 e. The predicted molar refractivity (Wildman–Crippen MR) is 55.3 cm³/mol. The lowest BCUT2D eigenvalue weighted by atomic mass is 9.98. The van der Waals surface area contributed by atoms with Crippen LogP contribution in [0.5, 0.6) is 0 Å². The molecule has 86 valence electrons. The summed E-state index contributed by atoms with van der Waals surface area (Å²) < 4.78 is 5.48.